The third-order valence-corrected chi connectivity index (χ3v) is 1.45. The van der Waals surface area contributed by atoms with E-state index in [1.54, 1.807) is 0 Å². The van der Waals surface area contributed by atoms with Crippen LogP contribution in [-0.4, -0.2) is 17.8 Å². The van der Waals surface area contributed by atoms with Gasteiger partial charge in [-0.15, -0.1) is 0 Å². The topological polar surface area (TPSA) is 29.1 Å². The van der Waals surface area contributed by atoms with Crippen molar-refractivity contribution in [2.75, 3.05) is 11.9 Å². The Morgan fingerprint density at radius 2 is 2.00 bits per heavy atom. The van der Waals surface area contributed by atoms with Crippen LogP contribution in [0.15, 0.2) is 0 Å². The van der Waals surface area contributed by atoms with Crippen molar-refractivity contribution in [1.82, 2.24) is 5.32 Å². The maximum atomic E-state index is 10.7. The van der Waals surface area contributed by atoms with Gasteiger partial charge in [-0.25, -0.2) is 0 Å². The van der Waals surface area contributed by atoms with Gasteiger partial charge in [0.2, 0.25) is 5.91 Å². The molecule has 0 atom stereocenters. The van der Waals surface area contributed by atoms with Crippen LogP contribution in [0.5, 0.6) is 0 Å². The summed E-state index contributed by atoms with van der Waals surface area (Å²) in [6.07, 6.45) is 0. The van der Waals surface area contributed by atoms with Crippen molar-refractivity contribution in [3.63, 3.8) is 0 Å². The fourth-order valence-corrected chi connectivity index (χ4v) is 0.609. The Morgan fingerprint density at radius 3 is 2.30 bits per heavy atom. The lowest BCUT2D eigenvalue weighted by atomic mass is 9.97. The molecule has 1 amide bonds. The van der Waals surface area contributed by atoms with Crippen LogP contribution in [0.2, 0.25) is 0 Å². The summed E-state index contributed by atoms with van der Waals surface area (Å²) in [6.45, 7) is 6.99. The summed E-state index contributed by atoms with van der Waals surface area (Å²) >= 11 is 3.07. The molecule has 0 aliphatic carbocycles. The number of amides is 1. The summed E-state index contributed by atoms with van der Waals surface area (Å²) in [4.78, 5) is 10.7. The van der Waals surface area contributed by atoms with E-state index in [-0.39, 0.29) is 11.3 Å². The van der Waals surface area contributed by atoms with Gasteiger partial charge in [-0.3, -0.25) is 4.79 Å². The van der Waals surface area contributed by atoms with Crippen LogP contribution in [0.3, 0.4) is 0 Å². The third kappa shape index (κ3) is 6.08. The zero-order chi connectivity index (χ0) is 8.20. The highest BCUT2D eigenvalue weighted by Crippen LogP contribution is 2.09. The van der Waals surface area contributed by atoms with Gasteiger partial charge < -0.3 is 5.32 Å². The van der Waals surface area contributed by atoms with E-state index in [1.165, 1.54) is 0 Å². The number of hydrogen-bond acceptors (Lipinski definition) is 1. The van der Waals surface area contributed by atoms with Crippen LogP contribution in [0.1, 0.15) is 20.8 Å². The average Bonchev–Trinajstić information content (AvgIpc) is 1.81. The average molecular weight is 208 g/mol. The molecular weight excluding hydrogens is 194 g/mol. The SMILES string of the molecule is CC(C)(C)CNC(=O)CBr. The molecule has 3 heteroatoms. The number of halogens is 1. The summed E-state index contributed by atoms with van der Waals surface area (Å²) in [6, 6.07) is 0. The molecule has 0 aliphatic heterocycles. The van der Waals surface area contributed by atoms with E-state index in [9.17, 15) is 4.79 Å². The van der Waals surface area contributed by atoms with Gasteiger partial charge in [0.15, 0.2) is 0 Å². The summed E-state index contributed by atoms with van der Waals surface area (Å²) in [5.41, 5.74) is 0.178. The van der Waals surface area contributed by atoms with Crippen molar-refractivity contribution in [3.05, 3.63) is 0 Å². The summed E-state index contributed by atoms with van der Waals surface area (Å²) in [5.74, 6) is 0.0509. The molecule has 0 aromatic heterocycles. The van der Waals surface area contributed by atoms with E-state index in [0.29, 0.717) is 5.33 Å². The molecule has 0 bridgehead atoms. The molecule has 0 aliphatic rings. The quantitative estimate of drug-likeness (QED) is 0.685. The molecule has 0 aromatic rings. The van der Waals surface area contributed by atoms with Crippen molar-refractivity contribution in [2.24, 2.45) is 5.41 Å². The Kier molecular flexibility index (Phi) is 3.94. The Bertz CT molecular complexity index is 117. The second-order valence-electron chi connectivity index (χ2n) is 3.47. The first-order chi connectivity index (χ1) is 4.45. The number of nitrogens with one attached hydrogen (secondary N) is 1. The molecule has 0 heterocycles. The van der Waals surface area contributed by atoms with E-state index in [1.807, 2.05) is 0 Å². The molecule has 2 nitrogen and oxygen atoms in total. The van der Waals surface area contributed by atoms with Gasteiger partial charge >= 0.3 is 0 Å². The van der Waals surface area contributed by atoms with Gasteiger partial charge in [0.25, 0.3) is 0 Å². The highest BCUT2D eigenvalue weighted by atomic mass is 79.9. The van der Waals surface area contributed by atoms with E-state index < -0.39 is 0 Å². The molecule has 10 heavy (non-hydrogen) atoms. The van der Waals surface area contributed by atoms with Gasteiger partial charge in [0.1, 0.15) is 0 Å². The fourth-order valence-electron chi connectivity index (χ4n) is 0.411. The first kappa shape index (κ1) is 9.95. The van der Waals surface area contributed by atoms with Crippen molar-refractivity contribution in [1.29, 1.82) is 0 Å². The van der Waals surface area contributed by atoms with E-state index >= 15 is 0 Å². The van der Waals surface area contributed by atoms with E-state index in [2.05, 4.69) is 42.0 Å². The predicted octanol–water partition coefficient (Wildman–Crippen LogP) is 1.54. The maximum Gasteiger partial charge on any atom is 0.230 e. The van der Waals surface area contributed by atoms with Crippen LogP contribution in [0.25, 0.3) is 0 Å². The highest BCUT2D eigenvalue weighted by molar-refractivity contribution is 9.09. The van der Waals surface area contributed by atoms with Crippen molar-refractivity contribution in [3.8, 4) is 0 Å². The number of alkyl halides is 1. The molecule has 0 fully saturated rings. The first-order valence-electron chi connectivity index (χ1n) is 3.28. The Morgan fingerprint density at radius 1 is 1.50 bits per heavy atom. The summed E-state index contributed by atoms with van der Waals surface area (Å²) in [5, 5.41) is 3.18. The molecular formula is C7H14BrNO. The van der Waals surface area contributed by atoms with Crippen molar-refractivity contribution >= 4 is 21.8 Å². The second-order valence-corrected chi connectivity index (χ2v) is 4.03. The van der Waals surface area contributed by atoms with Gasteiger partial charge in [-0.2, -0.15) is 0 Å². The minimum Gasteiger partial charge on any atom is -0.355 e. The van der Waals surface area contributed by atoms with Crippen molar-refractivity contribution < 1.29 is 4.79 Å². The largest absolute Gasteiger partial charge is 0.355 e. The molecule has 0 saturated heterocycles. The fraction of sp³-hybridized carbons (Fsp3) is 0.857. The maximum absolute atomic E-state index is 10.7. The lowest BCUT2D eigenvalue weighted by Crippen LogP contribution is -2.32. The minimum absolute atomic E-state index is 0.0509. The van der Waals surface area contributed by atoms with Crippen LogP contribution in [0, 0.1) is 5.41 Å². The lowest BCUT2D eigenvalue weighted by molar-refractivity contribution is -0.118. The van der Waals surface area contributed by atoms with E-state index in [0.717, 1.165) is 6.54 Å². The number of hydrogen-bond donors (Lipinski definition) is 1. The molecule has 0 unspecified atom stereocenters. The first-order valence-corrected chi connectivity index (χ1v) is 4.40. The molecule has 0 spiro atoms. The van der Waals surface area contributed by atoms with Gasteiger partial charge in [0, 0.05) is 6.54 Å². The van der Waals surface area contributed by atoms with E-state index in [4.69, 9.17) is 0 Å². The lowest BCUT2D eigenvalue weighted by Gasteiger charge is -2.17. The molecule has 0 radical (unpaired) electrons. The van der Waals surface area contributed by atoms with Crippen LogP contribution >= 0.6 is 15.9 Å². The van der Waals surface area contributed by atoms with Crippen LogP contribution in [-0.2, 0) is 4.79 Å². The highest BCUT2D eigenvalue weighted by Gasteiger charge is 2.10. The molecule has 0 saturated carbocycles. The smallest absolute Gasteiger partial charge is 0.230 e. The number of carbonyl (C=O) groups excluding carboxylic acids is 1. The van der Waals surface area contributed by atoms with Gasteiger partial charge in [-0.05, 0) is 5.41 Å². The van der Waals surface area contributed by atoms with Gasteiger partial charge in [0.05, 0.1) is 5.33 Å². The van der Waals surface area contributed by atoms with Crippen molar-refractivity contribution in [2.45, 2.75) is 20.8 Å². The Balaban J connectivity index is 3.46. The summed E-state index contributed by atoms with van der Waals surface area (Å²) in [7, 11) is 0. The zero-order valence-corrected chi connectivity index (χ0v) is 8.29. The Labute approximate surface area is 70.5 Å². The molecule has 0 rings (SSSR count). The van der Waals surface area contributed by atoms with Crippen LogP contribution in [0.4, 0.5) is 0 Å². The van der Waals surface area contributed by atoms with Crippen LogP contribution < -0.4 is 5.32 Å². The molecule has 0 aromatic carbocycles. The minimum atomic E-state index is 0.0509. The third-order valence-electron chi connectivity index (χ3n) is 0.937. The molecule has 60 valence electrons. The monoisotopic (exact) mass is 207 g/mol. The number of rotatable bonds is 2. The zero-order valence-electron chi connectivity index (χ0n) is 6.70. The van der Waals surface area contributed by atoms with Gasteiger partial charge in [-0.1, -0.05) is 36.7 Å². The number of carbonyl (C=O) groups is 1. The predicted molar refractivity (Wildman–Crippen MR) is 46.3 cm³/mol. The Hall–Kier alpha value is -0.0500. The standard InChI is InChI=1S/C7H14BrNO/c1-7(2,3)5-9-6(10)4-8/h4-5H2,1-3H3,(H,9,10). The summed E-state index contributed by atoms with van der Waals surface area (Å²) < 4.78 is 0. The molecule has 1 N–H and O–H groups in total. The normalized spacial score (nSPS) is 11.2. The second kappa shape index (κ2) is 3.96.